The fourth-order valence-corrected chi connectivity index (χ4v) is 4.84. The van der Waals surface area contributed by atoms with Gasteiger partial charge < -0.3 is 9.47 Å². The van der Waals surface area contributed by atoms with E-state index >= 15 is 0 Å². The molecule has 1 aromatic carbocycles. The third-order valence-corrected chi connectivity index (χ3v) is 6.35. The number of pyridine rings is 1. The molecule has 32 heavy (non-hydrogen) atoms. The predicted molar refractivity (Wildman–Crippen MR) is 106 cm³/mol. The Morgan fingerprint density at radius 1 is 1.12 bits per heavy atom. The number of carbonyl (C=O) groups excluding carboxylic acids is 1. The van der Waals surface area contributed by atoms with Crippen molar-refractivity contribution in [1.29, 1.82) is 0 Å². The van der Waals surface area contributed by atoms with Crippen molar-refractivity contribution in [3.63, 3.8) is 0 Å². The normalized spacial score (nSPS) is 20.2. The zero-order valence-electron chi connectivity index (χ0n) is 16.5. The Balaban J connectivity index is 1.54. The van der Waals surface area contributed by atoms with E-state index in [-0.39, 0.29) is 11.6 Å². The molecule has 3 aromatic rings. The Kier molecular flexibility index (Phi) is 4.92. The second kappa shape index (κ2) is 7.54. The van der Waals surface area contributed by atoms with E-state index in [4.69, 9.17) is 11.6 Å². The van der Waals surface area contributed by atoms with Gasteiger partial charge in [0.15, 0.2) is 11.6 Å². The molecule has 2 aromatic heterocycles. The maximum Gasteiger partial charge on any atom is 0.417 e. The predicted octanol–water partition coefficient (Wildman–Crippen LogP) is 4.90. The first-order valence-corrected chi connectivity index (χ1v) is 10.4. The summed E-state index contributed by atoms with van der Waals surface area (Å²) in [5.41, 5.74) is -0.782. The van der Waals surface area contributed by atoms with Crippen LogP contribution in [-0.4, -0.2) is 36.6 Å². The topological polar surface area (TPSA) is 63.9 Å². The summed E-state index contributed by atoms with van der Waals surface area (Å²) in [7, 11) is 0. The third kappa shape index (κ3) is 3.33. The lowest BCUT2D eigenvalue weighted by atomic mass is 9.90. The highest BCUT2D eigenvalue weighted by atomic mass is 35.5. The van der Waals surface area contributed by atoms with E-state index in [2.05, 4.69) is 15.2 Å². The van der Waals surface area contributed by atoms with Crippen molar-refractivity contribution in [3.05, 3.63) is 64.3 Å². The number of carbonyl (C=O) groups is 1. The zero-order valence-corrected chi connectivity index (χ0v) is 17.2. The molecule has 2 aliphatic heterocycles. The van der Waals surface area contributed by atoms with Gasteiger partial charge in [0.2, 0.25) is 0 Å². The number of fused-ring (bicyclic) bond motifs is 4. The van der Waals surface area contributed by atoms with Crippen molar-refractivity contribution in [1.82, 2.24) is 24.6 Å². The summed E-state index contributed by atoms with van der Waals surface area (Å²) >= 11 is 6.02. The monoisotopic (exact) mass is 465 g/mol. The SMILES string of the molecule is O=C(c1cccc(C(F)(F)F)c1Cl)N1[C@H]2CCC[C@@H]1c1nnc(-c3ccc(F)cn3)n1C2. The lowest BCUT2D eigenvalue weighted by molar-refractivity contribution is -0.137. The van der Waals surface area contributed by atoms with E-state index in [0.29, 0.717) is 36.7 Å². The molecule has 4 heterocycles. The largest absolute Gasteiger partial charge is 0.417 e. The first kappa shape index (κ1) is 20.9. The lowest BCUT2D eigenvalue weighted by Gasteiger charge is -2.45. The number of aromatic nitrogens is 4. The van der Waals surface area contributed by atoms with Crippen LogP contribution in [0, 0.1) is 5.82 Å². The van der Waals surface area contributed by atoms with E-state index in [1.807, 2.05) is 4.57 Å². The van der Waals surface area contributed by atoms with Crippen molar-refractivity contribution in [2.45, 2.75) is 44.1 Å². The maximum atomic E-state index is 13.4. The quantitative estimate of drug-likeness (QED) is 0.505. The van der Waals surface area contributed by atoms with E-state index in [9.17, 15) is 22.4 Å². The Labute approximate surface area is 184 Å². The van der Waals surface area contributed by atoms with E-state index in [0.717, 1.165) is 18.7 Å². The number of halogens is 5. The summed E-state index contributed by atoms with van der Waals surface area (Å²) in [5, 5.41) is 7.85. The van der Waals surface area contributed by atoms with Crippen LogP contribution in [0.1, 0.15) is 47.1 Å². The molecule has 1 fully saturated rings. The molecular formula is C21H16ClF4N5O. The summed E-state index contributed by atoms with van der Waals surface area (Å²) in [5.74, 6) is -0.0510. The highest BCUT2D eigenvalue weighted by Gasteiger charge is 2.44. The van der Waals surface area contributed by atoms with E-state index in [1.165, 1.54) is 24.3 Å². The van der Waals surface area contributed by atoms with Crippen LogP contribution in [0.25, 0.3) is 11.5 Å². The fraction of sp³-hybridized carbons (Fsp3) is 0.333. The third-order valence-electron chi connectivity index (χ3n) is 5.94. The zero-order chi connectivity index (χ0) is 22.6. The number of piperidine rings is 1. The van der Waals surface area contributed by atoms with E-state index < -0.39 is 34.5 Å². The molecular weight excluding hydrogens is 450 g/mol. The Bertz CT molecular complexity index is 1190. The summed E-state index contributed by atoms with van der Waals surface area (Å²) in [6, 6.07) is 5.40. The van der Waals surface area contributed by atoms with Crippen LogP contribution in [0.5, 0.6) is 0 Å². The number of benzene rings is 1. The molecule has 0 aliphatic carbocycles. The number of nitrogens with zero attached hydrogens (tertiary/aromatic N) is 5. The van der Waals surface area contributed by atoms with Gasteiger partial charge in [-0.2, -0.15) is 13.2 Å². The van der Waals surface area contributed by atoms with Crippen molar-refractivity contribution < 1.29 is 22.4 Å². The lowest BCUT2D eigenvalue weighted by Crippen LogP contribution is -2.52. The van der Waals surface area contributed by atoms with Gasteiger partial charge in [-0.3, -0.25) is 4.79 Å². The van der Waals surface area contributed by atoms with Gasteiger partial charge in [0.05, 0.1) is 34.4 Å². The van der Waals surface area contributed by atoms with Crippen molar-refractivity contribution in [2.75, 3.05) is 0 Å². The van der Waals surface area contributed by atoms with Gasteiger partial charge in [-0.15, -0.1) is 10.2 Å². The molecule has 0 radical (unpaired) electrons. The first-order valence-electron chi connectivity index (χ1n) is 9.99. The van der Waals surface area contributed by atoms with Gasteiger partial charge in [-0.1, -0.05) is 17.7 Å². The summed E-state index contributed by atoms with van der Waals surface area (Å²) in [6.45, 7) is 0.357. The molecule has 1 amide bonds. The molecule has 0 saturated carbocycles. The standard InChI is InChI=1S/C21H16ClF4N5O/c22-17-13(4-2-5-14(17)21(24,25)26)20(32)31-12-3-1-6-16(31)19-29-28-18(30(19)10-12)15-8-7-11(23)9-27-15/h2,4-5,7-9,12,16H,1,3,6,10H2/t12-,16+/m0/s1. The number of amides is 1. The van der Waals surface area contributed by atoms with Gasteiger partial charge in [0, 0.05) is 6.54 Å². The number of hydrogen-bond donors (Lipinski definition) is 0. The Morgan fingerprint density at radius 3 is 2.66 bits per heavy atom. The van der Waals surface area contributed by atoms with Crippen molar-refractivity contribution in [2.24, 2.45) is 0 Å². The first-order chi connectivity index (χ1) is 15.3. The van der Waals surface area contributed by atoms with Crippen LogP contribution >= 0.6 is 11.6 Å². The van der Waals surface area contributed by atoms with Gasteiger partial charge in [-0.05, 0) is 43.5 Å². The number of alkyl halides is 3. The van der Waals surface area contributed by atoms with Gasteiger partial charge in [0.25, 0.3) is 5.91 Å². The summed E-state index contributed by atoms with van der Waals surface area (Å²) in [6.07, 6.45) is -1.47. The molecule has 1 saturated heterocycles. The minimum atomic E-state index is -4.66. The average Bonchev–Trinajstić information content (AvgIpc) is 3.16. The van der Waals surface area contributed by atoms with E-state index in [1.54, 1.807) is 4.90 Å². The molecule has 0 spiro atoms. The minimum Gasteiger partial charge on any atom is -0.324 e. The average molecular weight is 466 g/mol. The number of rotatable bonds is 2. The molecule has 6 nitrogen and oxygen atoms in total. The van der Waals surface area contributed by atoms with Crippen LogP contribution in [0.15, 0.2) is 36.5 Å². The molecule has 2 atom stereocenters. The number of hydrogen-bond acceptors (Lipinski definition) is 4. The van der Waals surface area contributed by atoms with Gasteiger partial charge >= 0.3 is 6.18 Å². The molecule has 11 heteroatoms. The van der Waals surface area contributed by atoms with Crippen LogP contribution in [0.3, 0.4) is 0 Å². The highest BCUT2D eigenvalue weighted by molar-refractivity contribution is 6.34. The molecule has 0 N–H and O–H groups in total. The smallest absolute Gasteiger partial charge is 0.324 e. The minimum absolute atomic E-state index is 0.188. The van der Waals surface area contributed by atoms with Gasteiger partial charge in [0.1, 0.15) is 11.5 Å². The molecule has 2 aliphatic rings. The second-order valence-corrected chi connectivity index (χ2v) is 8.21. The Hall–Kier alpha value is -3.01. The second-order valence-electron chi connectivity index (χ2n) is 7.83. The molecule has 5 rings (SSSR count). The van der Waals surface area contributed by atoms with Crippen LogP contribution in [-0.2, 0) is 12.7 Å². The molecule has 0 unspecified atom stereocenters. The highest BCUT2D eigenvalue weighted by Crippen LogP contribution is 2.42. The molecule has 2 bridgehead atoms. The maximum absolute atomic E-state index is 13.4. The van der Waals surface area contributed by atoms with Gasteiger partial charge in [-0.25, -0.2) is 9.37 Å². The Morgan fingerprint density at radius 2 is 1.94 bits per heavy atom. The van der Waals surface area contributed by atoms with Crippen molar-refractivity contribution in [3.8, 4) is 11.5 Å². The van der Waals surface area contributed by atoms with Crippen LogP contribution in [0.2, 0.25) is 5.02 Å². The summed E-state index contributed by atoms with van der Waals surface area (Å²) < 4.78 is 55.0. The van der Waals surface area contributed by atoms with Crippen LogP contribution < -0.4 is 0 Å². The van der Waals surface area contributed by atoms with Crippen molar-refractivity contribution >= 4 is 17.5 Å². The van der Waals surface area contributed by atoms with Crippen LogP contribution in [0.4, 0.5) is 17.6 Å². The fourth-order valence-electron chi connectivity index (χ4n) is 4.52. The summed E-state index contributed by atoms with van der Waals surface area (Å²) in [4.78, 5) is 19.0. The molecule has 166 valence electrons.